The molecule has 1 saturated heterocycles. The van der Waals surface area contributed by atoms with Crippen LogP contribution in [0.3, 0.4) is 0 Å². The highest BCUT2D eigenvalue weighted by molar-refractivity contribution is 5.81. The number of esters is 1. The van der Waals surface area contributed by atoms with Crippen LogP contribution in [0.15, 0.2) is 12.7 Å². The smallest absolute Gasteiger partial charge is 0.331 e. The van der Waals surface area contributed by atoms with Crippen LogP contribution in [0.1, 0.15) is 12.8 Å². The normalized spacial score (nSPS) is 23.9. The molecule has 0 amide bonds. The maximum absolute atomic E-state index is 10.6. The first-order valence-corrected chi connectivity index (χ1v) is 3.95. The molecule has 1 heterocycles. The Morgan fingerprint density at radius 2 is 2.58 bits per heavy atom. The molecule has 1 fully saturated rings. The first kappa shape index (κ1) is 9.22. The maximum atomic E-state index is 10.6. The molecular weight excluding hydrogens is 158 g/mol. The summed E-state index contributed by atoms with van der Waals surface area (Å²) in [4.78, 5) is 12.3. The third-order valence-corrected chi connectivity index (χ3v) is 1.87. The predicted molar refractivity (Wildman–Crippen MR) is 43.1 cm³/mol. The summed E-state index contributed by atoms with van der Waals surface area (Å²) in [6.07, 6.45) is 2.36. The lowest BCUT2D eigenvalue weighted by Crippen LogP contribution is -2.32. The van der Waals surface area contributed by atoms with Crippen LogP contribution in [0.5, 0.6) is 0 Å². The number of hydrogen-bond acceptors (Lipinski definition) is 4. The quantitative estimate of drug-likeness (QED) is 0.483. The van der Waals surface area contributed by atoms with E-state index in [1.54, 1.807) is 4.90 Å². The van der Waals surface area contributed by atoms with Crippen molar-refractivity contribution in [3.05, 3.63) is 12.7 Å². The Balaban J connectivity index is 2.22. The number of rotatable bonds is 3. The van der Waals surface area contributed by atoms with E-state index in [9.17, 15) is 9.90 Å². The van der Waals surface area contributed by atoms with Gasteiger partial charge >= 0.3 is 5.97 Å². The molecule has 1 rings (SSSR count). The van der Waals surface area contributed by atoms with Gasteiger partial charge in [0, 0.05) is 12.6 Å². The SMILES string of the molecule is C=CC(=O)OCN1CCCC1O. The van der Waals surface area contributed by atoms with Crippen LogP contribution in [-0.2, 0) is 9.53 Å². The second kappa shape index (κ2) is 4.23. The van der Waals surface area contributed by atoms with Crippen LogP contribution in [0.4, 0.5) is 0 Å². The van der Waals surface area contributed by atoms with E-state index in [-0.39, 0.29) is 6.73 Å². The van der Waals surface area contributed by atoms with Crippen molar-refractivity contribution >= 4 is 5.97 Å². The van der Waals surface area contributed by atoms with Crippen molar-refractivity contribution in [2.75, 3.05) is 13.3 Å². The minimum atomic E-state index is -0.456. The van der Waals surface area contributed by atoms with E-state index in [1.165, 1.54) is 0 Å². The standard InChI is InChI=1S/C8H13NO3/c1-2-8(11)12-6-9-5-3-4-7(9)10/h2,7,10H,1,3-6H2. The van der Waals surface area contributed by atoms with Gasteiger partial charge in [-0.1, -0.05) is 6.58 Å². The molecule has 4 heteroatoms. The molecule has 0 aromatic heterocycles. The van der Waals surface area contributed by atoms with E-state index in [0.717, 1.165) is 25.5 Å². The zero-order valence-corrected chi connectivity index (χ0v) is 6.90. The highest BCUT2D eigenvalue weighted by Crippen LogP contribution is 2.13. The van der Waals surface area contributed by atoms with Gasteiger partial charge in [-0.2, -0.15) is 0 Å². The van der Waals surface area contributed by atoms with Crippen molar-refractivity contribution in [2.45, 2.75) is 19.1 Å². The van der Waals surface area contributed by atoms with Crippen molar-refractivity contribution in [3.63, 3.8) is 0 Å². The largest absolute Gasteiger partial charge is 0.446 e. The van der Waals surface area contributed by atoms with Gasteiger partial charge in [-0.3, -0.25) is 0 Å². The highest BCUT2D eigenvalue weighted by atomic mass is 16.5. The van der Waals surface area contributed by atoms with Gasteiger partial charge in [0.2, 0.25) is 0 Å². The number of likely N-dealkylation sites (tertiary alicyclic amines) is 1. The Labute approximate surface area is 71.4 Å². The van der Waals surface area contributed by atoms with E-state index in [4.69, 9.17) is 4.74 Å². The first-order valence-electron chi connectivity index (χ1n) is 3.95. The molecule has 1 N–H and O–H groups in total. The Kier molecular flexibility index (Phi) is 3.25. The molecule has 0 aromatic carbocycles. The van der Waals surface area contributed by atoms with Crippen LogP contribution in [0.25, 0.3) is 0 Å². The second-order valence-electron chi connectivity index (χ2n) is 2.73. The minimum Gasteiger partial charge on any atom is -0.446 e. The summed E-state index contributed by atoms with van der Waals surface area (Å²) in [6, 6.07) is 0. The Hall–Kier alpha value is -0.870. The molecule has 0 aliphatic carbocycles. The Morgan fingerprint density at radius 1 is 1.83 bits per heavy atom. The molecular formula is C8H13NO3. The van der Waals surface area contributed by atoms with E-state index in [1.807, 2.05) is 0 Å². The maximum Gasteiger partial charge on any atom is 0.331 e. The summed E-state index contributed by atoms with van der Waals surface area (Å²) in [6.45, 7) is 4.21. The van der Waals surface area contributed by atoms with Gasteiger partial charge in [0.15, 0.2) is 0 Å². The van der Waals surface area contributed by atoms with Crippen molar-refractivity contribution in [2.24, 2.45) is 0 Å². The monoisotopic (exact) mass is 171 g/mol. The average Bonchev–Trinajstić information content (AvgIpc) is 2.47. The van der Waals surface area contributed by atoms with Crippen molar-refractivity contribution in [3.8, 4) is 0 Å². The van der Waals surface area contributed by atoms with Gasteiger partial charge in [0.25, 0.3) is 0 Å². The van der Waals surface area contributed by atoms with Crippen LogP contribution < -0.4 is 0 Å². The predicted octanol–water partition coefficient (Wildman–Crippen LogP) is 0.0873. The lowest BCUT2D eigenvalue weighted by Gasteiger charge is -2.18. The molecule has 4 nitrogen and oxygen atoms in total. The number of carbonyl (C=O) groups is 1. The molecule has 1 aliphatic heterocycles. The average molecular weight is 171 g/mol. The van der Waals surface area contributed by atoms with Crippen molar-refractivity contribution < 1.29 is 14.6 Å². The molecule has 0 saturated carbocycles. The van der Waals surface area contributed by atoms with Gasteiger partial charge in [-0.15, -0.1) is 0 Å². The fraction of sp³-hybridized carbons (Fsp3) is 0.625. The Bertz CT molecular complexity index is 181. The molecule has 0 aromatic rings. The van der Waals surface area contributed by atoms with Crippen LogP contribution in [-0.4, -0.2) is 35.5 Å². The third kappa shape index (κ3) is 2.32. The van der Waals surface area contributed by atoms with Crippen molar-refractivity contribution in [1.29, 1.82) is 0 Å². The number of carbonyl (C=O) groups excluding carboxylic acids is 1. The number of hydrogen-bond donors (Lipinski definition) is 1. The number of aliphatic hydroxyl groups excluding tert-OH is 1. The van der Waals surface area contributed by atoms with Gasteiger partial charge in [-0.25, -0.2) is 9.69 Å². The van der Waals surface area contributed by atoms with Crippen LogP contribution in [0, 0.1) is 0 Å². The number of ether oxygens (including phenoxy) is 1. The van der Waals surface area contributed by atoms with E-state index in [2.05, 4.69) is 6.58 Å². The fourth-order valence-electron chi connectivity index (χ4n) is 1.16. The summed E-state index contributed by atoms with van der Waals surface area (Å²) in [5.74, 6) is -0.450. The lowest BCUT2D eigenvalue weighted by molar-refractivity contribution is -0.145. The number of nitrogens with zero attached hydrogens (tertiary/aromatic N) is 1. The van der Waals surface area contributed by atoms with E-state index in [0.29, 0.717) is 0 Å². The van der Waals surface area contributed by atoms with Crippen LogP contribution >= 0.6 is 0 Å². The van der Waals surface area contributed by atoms with Crippen molar-refractivity contribution in [1.82, 2.24) is 4.90 Å². The summed E-state index contributed by atoms with van der Waals surface area (Å²) in [5, 5.41) is 9.28. The summed E-state index contributed by atoms with van der Waals surface area (Å²) in [7, 11) is 0. The molecule has 0 bridgehead atoms. The first-order chi connectivity index (χ1) is 5.74. The summed E-state index contributed by atoms with van der Waals surface area (Å²) < 4.78 is 4.75. The zero-order chi connectivity index (χ0) is 8.97. The van der Waals surface area contributed by atoms with Gasteiger partial charge in [-0.05, 0) is 12.8 Å². The van der Waals surface area contributed by atoms with Gasteiger partial charge < -0.3 is 9.84 Å². The van der Waals surface area contributed by atoms with Gasteiger partial charge in [0.05, 0.1) is 0 Å². The van der Waals surface area contributed by atoms with E-state index >= 15 is 0 Å². The molecule has 0 spiro atoms. The molecule has 1 aliphatic rings. The van der Waals surface area contributed by atoms with Gasteiger partial charge in [0.1, 0.15) is 13.0 Å². The lowest BCUT2D eigenvalue weighted by atomic mass is 10.4. The molecule has 68 valence electrons. The Morgan fingerprint density at radius 3 is 3.08 bits per heavy atom. The van der Waals surface area contributed by atoms with E-state index < -0.39 is 12.2 Å². The molecule has 1 unspecified atom stereocenters. The second-order valence-corrected chi connectivity index (χ2v) is 2.73. The zero-order valence-electron chi connectivity index (χ0n) is 6.90. The number of aliphatic hydroxyl groups is 1. The highest BCUT2D eigenvalue weighted by Gasteiger charge is 2.22. The summed E-state index contributed by atoms with van der Waals surface area (Å²) >= 11 is 0. The minimum absolute atomic E-state index is 0.159. The molecule has 1 atom stereocenters. The summed E-state index contributed by atoms with van der Waals surface area (Å²) in [5.41, 5.74) is 0. The fourth-order valence-corrected chi connectivity index (χ4v) is 1.16. The third-order valence-electron chi connectivity index (χ3n) is 1.87. The molecule has 0 radical (unpaired) electrons. The topological polar surface area (TPSA) is 49.8 Å². The molecule has 12 heavy (non-hydrogen) atoms. The van der Waals surface area contributed by atoms with Crippen LogP contribution in [0.2, 0.25) is 0 Å².